The molecule has 18 heavy (non-hydrogen) atoms. The summed E-state index contributed by atoms with van der Waals surface area (Å²) in [4.78, 5) is 0. The molecule has 0 fully saturated rings. The summed E-state index contributed by atoms with van der Waals surface area (Å²) < 4.78 is 47.5. The summed E-state index contributed by atoms with van der Waals surface area (Å²) in [5.41, 5.74) is 0.633. The summed E-state index contributed by atoms with van der Waals surface area (Å²) in [6.07, 6.45) is 0. The molecule has 0 saturated heterocycles. The second kappa shape index (κ2) is 5.79. The van der Waals surface area contributed by atoms with E-state index in [1.54, 1.807) is 30.3 Å². The molecule has 8 heteroatoms. The Bertz CT molecular complexity index is 582. The third-order valence-electron chi connectivity index (χ3n) is 2.35. The van der Waals surface area contributed by atoms with Crippen molar-refractivity contribution in [2.24, 2.45) is 5.14 Å². The molecule has 0 radical (unpaired) electrons. The van der Waals surface area contributed by atoms with E-state index in [0.29, 0.717) is 5.56 Å². The first-order valence-corrected chi connectivity index (χ1v) is 8.50. The van der Waals surface area contributed by atoms with E-state index >= 15 is 0 Å². The van der Waals surface area contributed by atoms with Crippen LogP contribution < -0.4 is 9.86 Å². The molecule has 6 nitrogen and oxygen atoms in total. The predicted octanol–water partition coefficient (Wildman–Crippen LogP) is -0.217. The minimum atomic E-state index is -3.73. The third kappa shape index (κ3) is 5.13. The van der Waals surface area contributed by atoms with Crippen LogP contribution in [0.25, 0.3) is 0 Å². The van der Waals surface area contributed by atoms with Crippen LogP contribution in [0.5, 0.6) is 0 Å². The highest BCUT2D eigenvalue weighted by Gasteiger charge is 2.19. The molecule has 0 heterocycles. The number of nitrogens with two attached hydrogens (primary N) is 1. The first-order chi connectivity index (χ1) is 8.21. The molecule has 1 rings (SSSR count). The molecule has 1 aromatic carbocycles. The molecule has 0 aromatic heterocycles. The van der Waals surface area contributed by atoms with Crippen molar-refractivity contribution in [1.29, 1.82) is 0 Å². The van der Waals surface area contributed by atoms with Crippen molar-refractivity contribution in [3.05, 3.63) is 35.9 Å². The second-order valence-corrected chi connectivity index (χ2v) is 7.78. The first-order valence-electron chi connectivity index (χ1n) is 5.23. The maximum Gasteiger partial charge on any atom is 0.215 e. The van der Waals surface area contributed by atoms with E-state index < -0.39 is 25.3 Å². The molecule has 0 bridgehead atoms. The average Bonchev–Trinajstić information content (AvgIpc) is 2.25. The fraction of sp³-hybridized carbons (Fsp3) is 0.400. The molecule has 1 unspecified atom stereocenters. The number of hydrogen-bond acceptors (Lipinski definition) is 4. The number of hydrogen-bond donors (Lipinski definition) is 2. The van der Waals surface area contributed by atoms with Gasteiger partial charge in [-0.1, -0.05) is 30.3 Å². The zero-order chi connectivity index (χ0) is 13.8. The van der Waals surface area contributed by atoms with Crippen LogP contribution in [0, 0.1) is 0 Å². The predicted molar refractivity (Wildman–Crippen MR) is 69.6 cm³/mol. The maximum absolute atomic E-state index is 11.7. The summed E-state index contributed by atoms with van der Waals surface area (Å²) in [7, 11) is -7.29. The fourth-order valence-electron chi connectivity index (χ4n) is 1.21. The number of benzene rings is 1. The van der Waals surface area contributed by atoms with Crippen molar-refractivity contribution in [3.63, 3.8) is 0 Å². The molecule has 3 N–H and O–H groups in total. The van der Waals surface area contributed by atoms with Gasteiger partial charge < -0.3 is 0 Å². The summed E-state index contributed by atoms with van der Waals surface area (Å²) >= 11 is 0. The Hall–Kier alpha value is -0.960. The van der Waals surface area contributed by atoms with E-state index in [0.717, 1.165) is 0 Å². The van der Waals surface area contributed by atoms with E-state index in [4.69, 9.17) is 5.14 Å². The number of rotatable bonds is 6. The van der Waals surface area contributed by atoms with Crippen LogP contribution in [-0.2, 0) is 25.8 Å². The highest BCUT2D eigenvalue weighted by molar-refractivity contribution is 7.90. The molecule has 1 aromatic rings. The largest absolute Gasteiger partial charge is 0.228 e. The summed E-state index contributed by atoms with van der Waals surface area (Å²) in [5, 5.41) is 3.94. The van der Waals surface area contributed by atoms with E-state index in [2.05, 4.69) is 4.72 Å². The van der Waals surface area contributed by atoms with Gasteiger partial charge in [-0.3, -0.25) is 0 Å². The molecular weight excluding hydrogens is 276 g/mol. The van der Waals surface area contributed by atoms with Crippen LogP contribution in [-0.4, -0.2) is 28.6 Å². The lowest BCUT2D eigenvalue weighted by Crippen LogP contribution is -2.38. The Labute approximate surface area is 107 Å². The molecule has 0 amide bonds. The number of sulfonamides is 2. The Kier molecular flexibility index (Phi) is 4.85. The van der Waals surface area contributed by atoms with Crippen molar-refractivity contribution in [1.82, 2.24) is 4.72 Å². The quantitative estimate of drug-likeness (QED) is 0.756. The van der Waals surface area contributed by atoms with Crippen molar-refractivity contribution < 1.29 is 16.8 Å². The molecular formula is C10H16N2O4S2. The molecule has 0 aliphatic heterocycles. The standard InChI is InChI=1S/C10H16N2O4S2/c1-9(18(11,15)16)7-12-17(13,14)8-10-5-3-2-4-6-10/h2-6,9,12H,7-8H2,1H3,(H2,11,15,16). The zero-order valence-electron chi connectivity index (χ0n) is 9.91. The Balaban J connectivity index is 2.62. The van der Waals surface area contributed by atoms with Gasteiger partial charge in [-0.2, -0.15) is 0 Å². The van der Waals surface area contributed by atoms with Gasteiger partial charge in [0, 0.05) is 6.54 Å². The lowest BCUT2D eigenvalue weighted by atomic mass is 10.2. The van der Waals surface area contributed by atoms with E-state index in [9.17, 15) is 16.8 Å². The van der Waals surface area contributed by atoms with E-state index in [1.165, 1.54) is 6.92 Å². The van der Waals surface area contributed by atoms with Gasteiger partial charge >= 0.3 is 0 Å². The SMILES string of the molecule is CC(CNS(=O)(=O)Cc1ccccc1)S(N)(=O)=O. The van der Waals surface area contributed by atoms with Crippen LogP contribution in [0.2, 0.25) is 0 Å². The first kappa shape index (κ1) is 15.1. The topological polar surface area (TPSA) is 106 Å². The lowest BCUT2D eigenvalue weighted by Gasteiger charge is -2.11. The molecule has 0 saturated carbocycles. The van der Waals surface area contributed by atoms with Crippen LogP contribution in [0.4, 0.5) is 0 Å². The van der Waals surface area contributed by atoms with Crippen molar-refractivity contribution in [2.45, 2.75) is 17.9 Å². The molecule has 102 valence electrons. The smallest absolute Gasteiger partial charge is 0.215 e. The second-order valence-electron chi connectivity index (χ2n) is 3.99. The summed E-state index contributed by atoms with van der Waals surface area (Å²) in [5.74, 6) is -0.189. The highest BCUT2D eigenvalue weighted by Crippen LogP contribution is 2.04. The molecule has 0 aliphatic rings. The van der Waals surface area contributed by atoms with Gasteiger partial charge in [-0.25, -0.2) is 26.7 Å². The average molecular weight is 292 g/mol. The van der Waals surface area contributed by atoms with E-state index in [-0.39, 0.29) is 12.3 Å². The lowest BCUT2D eigenvalue weighted by molar-refractivity contribution is 0.570. The van der Waals surface area contributed by atoms with Gasteiger partial charge in [0.25, 0.3) is 0 Å². The minimum Gasteiger partial charge on any atom is -0.228 e. The Morgan fingerprint density at radius 3 is 2.22 bits per heavy atom. The minimum absolute atomic E-state index is 0.189. The Morgan fingerprint density at radius 2 is 1.72 bits per heavy atom. The van der Waals surface area contributed by atoms with Gasteiger partial charge in [0.2, 0.25) is 20.0 Å². The van der Waals surface area contributed by atoms with Gasteiger partial charge in [-0.15, -0.1) is 0 Å². The van der Waals surface area contributed by atoms with Crippen LogP contribution in [0.3, 0.4) is 0 Å². The van der Waals surface area contributed by atoms with Crippen LogP contribution >= 0.6 is 0 Å². The van der Waals surface area contributed by atoms with Gasteiger partial charge in [0.05, 0.1) is 11.0 Å². The summed E-state index contributed by atoms with van der Waals surface area (Å²) in [6, 6.07) is 8.62. The number of nitrogens with one attached hydrogen (secondary N) is 1. The summed E-state index contributed by atoms with van der Waals surface area (Å²) in [6.45, 7) is 1.12. The normalized spacial score (nSPS) is 14.3. The highest BCUT2D eigenvalue weighted by atomic mass is 32.2. The van der Waals surface area contributed by atoms with Crippen LogP contribution in [0.15, 0.2) is 30.3 Å². The van der Waals surface area contributed by atoms with Crippen LogP contribution in [0.1, 0.15) is 12.5 Å². The van der Waals surface area contributed by atoms with E-state index in [1.807, 2.05) is 0 Å². The monoisotopic (exact) mass is 292 g/mol. The fourth-order valence-corrected chi connectivity index (χ4v) is 2.86. The molecule has 1 atom stereocenters. The third-order valence-corrected chi connectivity index (χ3v) is 4.96. The Morgan fingerprint density at radius 1 is 1.17 bits per heavy atom. The van der Waals surface area contributed by atoms with Gasteiger partial charge in [-0.05, 0) is 12.5 Å². The maximum atomic E-state index is 11.7. The van der Waals surface area contributed by atoms with Crippen molar-refractivity contribution >= 4 is 20.0 Å². The molecule has 0 spiro atoms. The zero-order valence-corrected chi connectivity index (χ0v) is 11.5. The van der Waals surface area contributed by atoms with Gasteiger partial charge in [0.15, 0.2) is 0 Å². The van der Waals surface area contributed by atoms with Gasteiger partial charge in [0.1, 0.15) is 0 Å². The number of primary sulfonamides is 1. The molecule has 0 aliphatic carbocycles. The van der Waals surface area contributed by atoms with Crippen molar-refractivity contribution in [3.8, 4) is 0 Å². The van der Waals surface area contributed by atoms with Crippen molar-refractivity contribution in [2.75, 3.05) is 6.54 Å².